The van der Waals surface area contributed by atoms with E-state index in [1.165, 1.54) is 0 Å². The Morgan fingerprint density at radius 1 is 1.41 bits per heavy atom. The second-order valence-corrected chi connectivity index (χ2v) is 7.06. The Balaban J connectivity index is 3.37. The summed E-state index contributed by atoms with van der Waals surface area (Å²) in [6.45, 7) is 1.99. The molecule has 3 nitrogen and oxygen atoms in total. The first-order valence-corrected chi connectivity index (χ1v) is 8.29. The molecule has 0 aliphatic heterocycles. The fourth-order valence-electron chi connectivity index (χ4n) is 1.62. The summed E-state index contributed by atoms with van der Waals surface area (Å²) in [5.41, 5.74) is 7.52. The number of halogens is 3. The van der Waals surface area contributed by atoms with Crippen LogP contribution in [0.5, 0.6) is 0 Å². The molecule has 6 heteroatoms. The summed E-state index contributed by atoms with van der Waals surface area (Å²) in [5.74, 6) is -1.23. The Morgan fingerprint density at radius 2 is 2.00 bits per heavy atom. The van der Waals surface area contributed by atoms with Crippen molar-refractivity contribution in [3.8, 4) is 0 Å². The Bertz CT molecular complexity index is 449. The molecule has 0 saturated carbocycles. The molecule has 0 bridgehead atoms. The lowest BCUT2D eigenvalue weighted by Crippen LogP contribution is -2.15. The Labute approximate surface area is 141 Å². The molecule has 0 aliphatic carbocycles. The van der Waals surface area contributed by atoms with Gasteiger partial charge in [-0.3, -0.25) is 4.79 Å². The smallest absolute Gasteiger partial charge is 0.311 e. The highest BCUT2D eigenvalue weighted by molar-refractivity contribution is 14.1. The van der Waals surface area contributed by atoms with Gasteiger partial charge < -0.3 is 10.8 Å². The fraction of sp³-hybridized carbons (Fsp3) is 0.364. The van der Waals surface area contributed by atoms with E-state index in [1.807, 2.05) is 13.0 Å². The van der Waals surface area contributed by atoms with E-state index in [0.29, 0.717) is 12.1 Å². The zero-order chi connectivity index (χ0) is 13.2. The number of nitrogens with two attached hydrogens (primary N) is 1. The van der Waals surface area contributed by atoms with Gasteiger partial charge in [0.25, 0.3) is 0 Å². The summed E-state index contributed by atoms with van der Waals surface area (Å²) < 4.78 is 2.83. The van der Waals surface area contributed by atoms with Crippen LogP contribution in [0.15, 0.2) is 6.07 Å². The van der Waals surface area contributed by atoms with Gasteiger partial charge >= 0.3 is 5.97 Å². The Morgan fingerprint density at radius 3 is 2.47 bits per heavy atom. The van der Waals surface area contributed by atoms with Gasteiger partial charge in [0, 0.05) is 10.7 Å². The molecule has 0 heterocycles. The minimum atomic E-state index is -0.775. The van der Waals surface area contributed by atoms with Crippen LogP contribution in [-0.4, -0.2) is 11.1 Å². The highest BCUT2D eigenvalue weighted by Gasteiger charge is 2.25. The number of benzene rings is 1. The molecular weight excluding hydrogens is 559 g/mol. The molecule has 17 heavy (non-hydrogen) atoms. The van der Waals surface area contributed by atoms with Crippen molar-refractivity contribution in [1.29, 1.82) is 0 Å². The van der Waals surface area contributed by atoms with Crippen molar-refractivity contribution in [3.63, 3.8) is 0 Å². The molecule has 1 aromatic rings. The average Bonchev–Trinajstić information content (AvgIpc) is 2.24. The predicted molar refractivity (Wildman–Crippen MR) is 94.3 cm³/mol. The monoisotopic (exact) mass is 571 g/mol. The number of hydrogen-bond donors (Lipinski definition) is 2. The molecule has 0 spiro atoms. The van der Waals surface area contributed by atoms with Crippen LogP contribution in [0.1, 0.15) is 31.2 Å². The van der Waals surface area contributed by atoms with Crippen molar-refractivity contribution >= 4 is 79.4 Å². The van der Waals surface area contributed by atoms with E-state index in [-0.39, 0.29) is 0 Å². The molecule has 1 unspecified atom stereocenters. The van der Waals surface area contributed by atoms with E-state index in [2.05, 4.69) is 67.8 Å². The molecule has 1 atom stereocenters. The molecule has 3 N–H and O–H groups in total. The van der Waals surface area contributed by atoms with E-state index in [0.717, 1.165) is 22.7 Å². The number of nitrogen functional groups attached to an aromatic ring is 1. The molecule has 0 aromatic heterocycles. The van der Waals surface area contributed by atoms with Crippen LogP contribution in [-0.2, 0) is 4.79 Å². The molecule has 0 saturated heterocycles. The van der Waals surface area contributed by atoms with Gasteiger partial charge in [-0.15, -0.1) is 0 Å². The second-order valence-electron chi connectivity index (χ2n) is 3.66. The van der Waals surface area contributed by atoms with Gasteiger partial charge in [-0.2, -0.15) is 0 Å². The largest absolute Gasteiger partial charge is 0.481 e. The van der Waals surface area contributed by atoms with Crippen LogP contribution in [0.3, 0.4) is 0 Å². The van der Waals surface area contributed by atoms with Crippen LogP contribution >= 0.6 is 67.8 Å². The summed E-state index contributed by atoms with van der Waals surface area (Å²) >= 11 is 6.51. The standard InChI is InChI=1S/C11H12I3NO2/c1-2-3-5(11(16)17)8-6(12)4-7(13)10(15)9(8)14/h4-5H,2-3,15H2,1H3,(H,16,17). The lowest BCUT2D eigenvalue weighted by Gasteiger charge is -2.18. The molecule has 1 aromatic carbocycles. The summed E-state index contributed by atoms with van der Waals surface area (Å²) in [6.07, 6.45) is 1.48. The van der Waals surface area contributed by atoms with E-state index in [4.69, 9.17) is 5.73 Å². The summed E-state index contributed by atoms with van der Waals surface area (Å²) in [5, 5.41) is 9.32. The normalized spacial score (nSPS) is 12.5. The average molecular weight is 571 g/mol. The third kappa shape index (κ3) is 3.58. The van der Waals surface area contributed by atoms with Crippen LogP contribution < -0.4 is 5.73 Å². The van der Waals surface area contributed by atoms with E-state index in [1.54, 1.807) is 0 Å². The maximum atomic E-state index is 11.3. The van der Waals surface area contributed by atoms with Gasteiger partial charge in [0.2, 0.25) is 0 Å². The predicted octanol–water partition coefficient (Wildman–Crippen LogP) is 4.05. The van der Waals surface area contributed by atoms with E-state index in [9.17, 15) is 9.90 Å². The first kappa shape index (κ1) is 15.7. The first-order valence-electron chi connectivity index (χ1n) is 5.05. The van der Waals surface area contributed by atoms with E-state index >= 15 is 0 Å². The number of aliphatic carboxylic acids is 1. The molecular formula is C11H12I3NO2. The van der Waals surface area contributed by atoms with Crippen molar-refractivity contribution < 1.29 is 9.90 Å². The van der Waals surface area contributed by atoms with Crippen LogP contribution in [0.25, 0.3) is 0 Å². The maximum absolute atomic E-state index is 11.3. The Hall–Kier alpha value is 0.680. The number of hydrogen-bond acceptors (Lipinski definition) is 2. The van der Waals surface area contributed by atoms with Crippen LogP contribution in [0, 0.1) is 10.7 Å². The lowest BCUT2D eigenvalue weighted by atomic mass is 9.94. The van der Waals surface area contributed by atoms with Crippen molar-refractivity contribution in [2.24, 2.45) is 0 Å². The highest BCUT2D eigenvalue weighted by atomic mass is 127. The minimum Gasteiger partial charge on any atom is -0.481 e. The van der Waals surface area contributed by atoms with Crippen molar-refractivity contribution in [3.05, 3.63) is 22.3 Å². The summed E-state index contributed by atoms with van der Waals surface area (Å²) in [7, 11) is 0. The zero-order valence-electron chi connectivity index (χ0n) is 9.14. The van der Waals surface area contributed by atoms with Gasteiger partial charge in [-0.05, 0) is 85.8 Å². The first-order chi connectivity index (χ1) is 7.90. The van der Waals surface area contributed by atoms with Crippen molar-refractivity contribution in [1.82, 2.24) is 0 Å². The van der Waals surface area contributed by atoms with Gasteiger partial charge in [0.1, 0.15) is 0 Å². The molecule has 0 fully saturated rings. The minimum absolute atomic E-state index is 0.460. The third-order valence-corrected chi connectivity index (χ3v) is 5.41. The lowest BCUT2D eigenvalue weighted by molar-refractivity contribution is -0.139. The summed E-state index contributed by atoms with van der Waals surface area (Å²) in [4.78, 5) is 11.3. The van der Waals surface area contributed by atoms with Crippen molar-refractivity contribution in [2.75, 3.05) is 5.73 Å². The number of rotatable bonds is 4. The SMILES string of the molecule is CCCC(C(=O)O)c1c(I)cc(I)c(N)c1I. The van der Waals surface area contributed by atoms with Gasteiger partial charge in [0.15, 0.2) is 0 Å². The molecule has 94 valence electrons. The van der Waals surface area contributed by atoms with Gasteiger partial charge in [0.05, 0.1) is 11.6 Å². The number of anilines is 1. The number of carboxylic acid groups (broad SMARTS) is 1. The molecule has 0 amide bonds. The second kappa shape index (κ2) is 6.73. The van der Waals surface area contributed by atoms with Crippen LogP contribution in [0.2, 0.25) is 0 Å². The maximum Gasteiger partial charge on any atom is 0.311 e. The molecule has 1 rings (SSSR count). The van der Waals surface area contributed by atoms with Crippen molar-refractivity contribution in [2.45, 2.75) is 25.7 Å². The summed E-state index contributed by atoms with van der Waals surface area (Å²) in [6, 6.07) is 1.94. The molecule has 0 aliphatic rings. The quantitative estimate of drug-likeness (QED) is 0.424. The number of carbonyl (C=O) groups is 1. The topological polar surface area (TPSA) is 63.3 Å². The van der Waals surface area contributed by atoms with Crippen LogP contribution in [0.4, 0.5) is 5.69 Å². The fourth-order valence-corrected chi connectivity index (χ4v) is 5.74. The zero-order valence-corrected chi connectivity index (χ0v) is 15.6. The Kier molecular flexibility index (Phi) is 6.23. The highest BCUT2D eigenvalue weighted by Crippen LogP contribution is 2.36. The molecule has 0 radical (unpaired) electrons. The third-order valence-electron chi connectivity index (χ3n) is 2.46. The van der Waals surface area contributed by atoms with E-state index < -0.39 is 11.9 Å². The van der Waals surface area contributed by atoms with Gasteiger partial charge in [-0.25, -0.2) is 0 Å². The number of carboxylic acids is 1. The van der Waals surface area contributed by atoms with Gasteiger partial charge in [-0.1, -0.05) is 13.3 Å².